The van der Waals surface area contributed by atoms with E-state index in [1.54, 1.807) is 0 Å². The van der Waals surface area contributed by atoms with Gasteiger partial charge in [0, 0.05) is 12.4 Å². The SMILES string of the molecule is CCCN(CCCl)CCCSCC. The topological polar surface area (TPSA) is 3.24 Å². The second kappa shape index (κ2) is 10.7. The summed E-state index contributed by atoms with van der Waals surface area (Å²) in [5.74, 6) is 3.29. The average molecular weight is 224 g/mol. The Morgan fingerprint density at radius 3 is 2.46 bits per heavy atom. The highest BCUT2D eigenvalue weighted by atomic mass is 35.5. The third-order valence-electron chi connectivity index (χ3n) is 1.91. The highest BCUT2D eigenvalue weighted by Gasteiger charge is 2.01. The fraction of sp³-hybridized carbons (Fsp3) is 1.00. The largest absolute Gasteiger partial charge is 0.302 e. The van der Waals surface area contributed by atoms with Crippen LogP contribution in [0.2, 0.25) is 0 Å². The molecule has 0 aliphatic heterocycles. The highest BCUT2D eigenvalue weighted by Crippen LogP contribution is 2.03. The Bertz CT molecular complexity index is 94.9. The first-order valence-corrected chi connectivity index (χ1v) is 6.90. The Hall–Kier alpha value is 0.600. The van der Waals surface area contributed by atoms with Gasteiger partial charge >= 0.3 is 0 Å². The number of halogens is 1. The molecule has 1 nitrogen and oxygen atoms in total. The second-order valence-electron chi connectivity index (χ2n) is 3.08. The van der Waals surface area contributed by atoms with Crippen LogP contribution in [0.4, 0.5) is 0 Å². The van der Waals surface area contributed by atoms with Crippen molar-refractivity contribution in [2.75, 3.05) is 37.0 Å². The van der Waals surface area contributed by atoms with Crippen molar-refractivity contribution in [1.82, 2.24) is 4.90 Å². The zero-order chi connectivity index (χ0) is 9.94. The number of alkyl halides is 1. The maximum absolute atomic E-state index is 5.73. The molecular weight excluding hydrogens is 202 g/mol. The molecular formula is C10H22ClNS. The van der Waals surface area contributed by atoms with Gasteiger partial charge in [0.15, 0.2) is 0 Å². The third kappa shape index (κ3) is 8.92. The molecule has 0 spiro atoms. The van der Waals surface area contributed by atoms with Crippen molar-refractivity contribution in [3.63, 3.8) is 0 Å². The number of rotatable bonds is 9. The van der Waals surface area contributed by atoms with Crippen molar-refractivity contribution >= 4 is 23.4 Å². The van der Waals surface area contributed by atoms with E-state index in [4.69, 9.17) is 11.6 Å². The summed E-state index contributed by atoms with van der Waals surface area (Å²) in [7, 11) is 0. The second-order valence-corrected chi connectivity index (χ2v) is 4.85. The summed E-state index contributed by atoms with van der Waals surface area (Å²) in [6.07, 6.45) is 2.53. The van der Waals surface area contributed by atoms with E-state index in [-0.39, 0.29) is 0 Å². The van der Waals surface area contributed by atoms with Crippen LogP contribution in [0.1, 0.15) is 26.7 Å². The van der Waals surface area contributed by atoms with Crippen molar-refractivity contribution in [3.8, 4) is 0 Å². The lowest BCUT2D eigenvalue weighted by Crippen LogP contribution is -2.28. The summed E-state index contributed by atoms with van der Waals surface area (Å²) in [4.78, 5) is 2.46. The maximum Gasteiger partial charge on any atom is 0.0351 e. The minimum absolute atomic E-state index is 0.765. The molecule has 0 aliphatic carbocycles. The fourth-order valence-corrected chi connectivity index (χ4v) is 2.17. The zero-order valence-corrected chi connectivity index (χ0v) is 10.5. The summed E-state index contributed by atoms with van der Waals surface area (Å²) in [6, 6.07) is 0. The van der Waals surface area contributed by atoms with Gasteiger partial charge in [-0.1, -0.05) is 13.8 Å². The van der Waals surface area contributed by atoms with Crippen LogP contribution in [-0.2, 0) is 0 Å². The Balaban J connectivity index is 3.33. The molecule has 80 valence electrons. The van der Waals surface area contributed by atoms with Crippen LogP contribution in [0.5, 0.6) is 0 Å². The molecule has 0 aromatic carbocycles. The van der Waals surface area contributed by atoms with E-state index in [0.29, 0.717) is 0 Å². The maximum atomic E-state index is 5.73. The molecule has 0 rings (SSSR count). The molecule has 0 aromatic heterocycles. The van der Waals surface area contributed by atoms with E-state index in [0.717, 1.165) is 12.4 Å². The van der Waals surface area contributed by atoms with Crippen LogP contribution >= 0.6 is 23.4 Å². The van der Waals surface area contributed by atoms with Gasteiger partial charge in [-0.25, -0.2) is 0 Å². The summed E-state index contributed by atoms with van der Waals surface area (Å²) in [5, 5.41) is 0. The lowest BCUT2D eigenvalue weighted by Gasteiger charge is -2.19. The lowest BCUT2D eigenvalue weighted by molar-refractivity contribution is 0.292. The monoisotopic (exact) mass is 223 g/mol. The van der Waals surface area contributed by atoms with Gasteiger partial charge in [-0.05, 0) is 37.4 Å². The molecule has 0 bridgehead atoms. The van der Waals surface area contributed by atoms with Gasteiger partial charge in [0.2, 0.25) is 0 Å². The van der Waals surface area contributed by atoms with Crippen LogP contribution in [0, 0.1) is 0 Å². The van der Waals surface area contributed by atoms with Gasteiger partial charge < -0.3 is 4.90 Å². The van der Waals surface area contributed by atoms with Crippen LogP contribution in [0.15, 0.2) is 0 Å². The van der Waals surface area contributed by atoms with Crippen LogP contribution in [-0.4, -0.2) is 41.9 Å². The molecule has 0 unspecified atom stereocenters. The van der Waals surface area contributed by atoms with Gasteiger partial charge in [-0.2, -0.15) is 11.8 Å². The quantitative estimate of drug-likeness (QED) is 0.437. The number of nitrogens with zero attached hydrogens (tertiary/aromatic N) is 1. The molecule has 0 fully saturated rings. The Kier molecular flexibility index (Phi) is 11.2. The minimum Gasteiger partial charge on any atom is -0.302 e. The fourth-order valence-electron chi connectivity index (χ4n) is 1.31. The van der Waals surface area contributed by atoms with Crippen molar-refractivity contribution in [2.24, 2.45) is 0 Å². The number of hydrogen-bond donors (Lipinski definition) is 0. The molecule has 0 saturated heterocycles. The van der Waals surface area contributed by atoms with E-state index in [1.165, 1.54) is 37.4 Å². The predicted molar refractivity (Wildman–Crippen MR) is 65.1 cm³/mol. The average Bonchev–Trinajstić information content (AvgIpc) is 2.13. The van der Waals surface area contributed by atoms with E-state index < -0.39 is 0 Å². The molecule has 0 atom stereocenters. The van der Waals surface area contributed by atoms with Gasteiger partial charge in [0.25, 0.3) is 0 Å². The summed E-state index contributed by atoms with van der Waals surface area (Å²) in [6.45, 7) is 7.90. The Labute approximate surface area is 92.2 Å². The molecule has 0 heterocycles. The van der Waals surface area contributed by atoms with Crippen LogP contribution in [0.25, 0.3) is 0 Å². The first kappa shape index (κ1) is 13.6. The van der Waals surface area contributed by atoms with Crippen molar-refractivity contribution in [1.29, 1.82) is 0 Å². The molecule has 0 amide bonds. The number of thioether (sulfide) groups is 1. The molecule has 3 heteroatoms. The van der Waals surface area contributed by atoms with Crippen molar-refractivity contribution in [2.45, 2.75) is 26.7 Å². The highest BCUT2D eigenvalue weighted by molar-refractivity contribution is 7.99. The summed E-state index contributed by atoms with van der Waals surface area (Å²) >= 11 is 7.75. The van der Waals surface area contributed by atoms with Gasteiger partial charge in [-0.3, -0.25) is 0 Å². The first-order chi connectivity index (χ1) is 6.35. The molecule has 0 N–H and O–H groups in total. The van der Waals surface area contributed by atoms with Gasteiger partial charge in [0.05, 0.1) is 0 Å². The van der Waals surface area contributed by atoms with Crippen LogP contribution < -0.4 is 0 Å². The molecule has 0 radical (unpaired) electrons. The third-order valence-corrected chi connectivity index (χ3v) is 3.06. The molecule has 13 heavy (non-hydrogen) atoms. The van der Waals surface area contributed by atoms with Gasteiger partial charge in [0.1, 0.15) is 0 Å². The number of hydrogen-bond acceptors (Lipinski definition) is 2. The smallest absolute Gasteiger partial charge is 0.0351 e. The summed E-state index contributed by atoms with van der Waals surface area (Å²) in [5.41, 5.74) is 0. The Morgan fingerprint density at radius 2 is 1.92 bits per heavy atom. The summed E-state index contributed by atoms with van der Waals surface area (Å²) < 4.78 is 0. The molecule has 0 saturated carbocycles. The zero-order valence-electron chi connectivity index (χ0n) is 8.89. The molecule has 0 aliphatic rings. The normalized spacial score (nSPS) is 11.1. The van der Waals surface area contributed by atoms with Crippen molar-refractivity contribution < 1.29 is 0 Å². The minimum atomic E-state index is 0.765. The molecule has 0 aromatic rings. The lowest BCUT2D eigenvalue weighted by atomic mass is 10.3. The predicted octanol–water partition coefficient (Wildman–Crippen LogP) is 3.08. The van der Waals surface area contributed by atoms with E-state index in [1.807, 2.05) is 11.8 Å². The van der Waals surface area contributed by atoms with Gasteiger partial charge in [-0.15, -0.1) is 11.6 Å². The standard InChI is InChI=1S/C10H22ClNS/c1-3-7-12(9-6-11)8-5-10-13-4-2/h3-10H2,1-2H3. The van der Waals surface area contributed by atoms with E-state index in [2.05, 4.69) is 18.7 Å². The Morgan fingerprint density at radius 1 is 1.15 bits per heavy atom. The van der Waals surface area contributed by atoms with E-state index >= 15 is 0 Å². The first-order valence-electron chi connectivity index (χ1n) is 5.21. The van der Waals surface area contributed by atoms with E-state index in [9.17, 15) is 0 Å². The van der Waals surface area contributed by atoms with Crippen molar-refractivity contribution in [3.05, 3.63) is 0 Å². The van der Waals surface area contributed by atoms with Crippen LogP contribution in [0.3, 0.4) is 0 Å².